The van der Waals surface area contributed by atoms with Crippen LogP contribution in [-0.4, -0.2) is 31.1 Å². The first-order valence-corrected chi connectivity index (χ1v) is 6.99. The second-order valence-corrected chi connectivity index (χ2v) is 5.65. The molecule has 1 atom stereocenters. The standard InChI is InChI=1S/C13H16BrF3N2.2ClH/c1-9(19-4-2-18-3-5-19)10-6-11(13(15,16)17)8-12(14)7-10;;/h6-9,18H,2-5H2,1H3;2*1H/t9-;;/m0../s1. The summed E-state index contributed by atoms with van der Waals surface area (Å²) >= 11 is 3.17. The first-order chi connectivity index (χ1) is 8.88. The number of hydrogen-bond donors (Lipinski definition) is 1. The van der Waals surface area contributed by atoms with Gasteiger partial charge in [-0.2, -0.15) is 13.2 Å². The van der Waals surface area contributed by atoms with Crippen molar-refractivity contribution in [2.24, 2.45) is 0 Å². The second kappa shape index (κ2) is 8.58. The average Bonchev–Trinajstić information content (AvgIpc) is 2.37. The summed E-state index contributed by atoms with van der Waals surface area (Å²) in [5.74, 6) is 0. The molecule has 0 unspecified atom stereocenters. The number of nitrogens with one attached hydrogen (secondary N) is 1. The number of alkyl halides is 3. The van der Waals surface area contributed by atoms with Crippen molar-refractivity contribution in [3.63, 3.8) is 0 Å². The fraction of sp³-hybridized carbons (Fsp3) is 0.538. The van der Waals surface area contributed by atoms with Crippen LogP contribution in [0, 0.1) is 0 Å². The van der Waals surface area contributed by atoms with E-state index < -0.39 is 11.7 Å². The summed E-state index contributed by atoms with van der Waals surface area (Å²) < 4.78 is 38.9. The van der Waals surface area contributed by atoms with E-state index in [9.17, 15) is 13.2 Å². The van der Waals surface area contributed by atoms with Gasteiger partial charge in [-0.3, -0.25) is 4.90 Å². The van der Waals surface area contributed by atoms with Gasteiger partial charge in [-0.1, -0.05) is 15.9 Å². The molecular formula is C13H18BrCl2F3N2. The van der Waals surface area contributed by atoms with Gasteiger partial charge >= 0.3 is 6.18 Å². The number of nitrogens with zero attached hydrogens (tertiary/aromatic N) is 1. The molecule has 1 aliphatic rings. The van der Waals surface area contributed by atoms with Crippen LogP contribution in [-0.2, 0) is 6.18 Å². The van der Waals surface area contributed by atoms with Gasteiger partial charge in [0, 0.05) is 36.7 Å². The van der Waals surface area contributed by atoms with Gasteiger partial charge in [0.25, 0.3) is 0 Å². The van der Waals surface area contributed by atoms with Crippen molar-refractivity contribution >= 4 is 40.7 Å². The Morgan fingerprint density at radius 2 is 1.71 bits per heavy atom. The highest BCUT2D eigenvalue weighted by Crippen LogP contribution is 2.34. The molecule has 21 heavy (non-hydrogen) atoms. The SMILES string of the molecule is C[C@@H](c1cc(Br)cc(C(F)(F)F)c1)N1CCNCC1.Cl.Cl. The van der Waals surface area contributed by atoms with Crippen LogP contribution in [0.25, 0.3) is 0 Å². The molecule has 122 valence electrons. The van der Waals surface area contributed by atoms with E-state index in [0.29, 0.717) is 10.0 Å². The first kappa shape index (κ1) is 21.0. The Morgan fingerprint density at radius 3 is 2.24 bits per heavy atom. The number of benzene rings is 1. The molecule has 0 radical (unpaired) electrons. The molecule has 1 aromatic rings. The summed E-state index contributed by atoms with van der Waals surface area (Å²) in [6.45, 7) is 5.42. The summed E-state index contributed by atoms with van der Waals surface area (Å²) in [6.07, 6.45) is -4.30. The summed E-state index contributed by atoms with van der Waals surface area (Å²) in [6, 6.07) is 4.12. The quantitative estimate of drug-likeness (QED) is 0.784. The average molecular weight is 410 g/mol. The van der Waals surface area contributed by atoms with Crippen LogP contribution in [0.4, 0.5) is 13.2 Å². The van der Waals surface area contributed by atoms with Crippen molar-refractivity contribution < 1.29 is 13.2 Å². The molecular weight excluding hydrogens is 392 g/mol. The summed E-state index contributed by atoms with van der Waals surface area (Å²) in [5, 5.41) is 3.24. The van der Waals surface area contributed by atoms with Crippen molar-refractivity contribution in [2.45, 2.75) is 19.1 Å². The Bertz CT molecular complexity index is 452. The zero-order valence-corrected chi connectivity index (χ0v) is 14.6. The molecule has 0 aliphatic carbocycles. The van der Waals surface area contributed by atoms with Crippen LogP contribution < -0.4 is 5.32 Å². The van der Waals surface area contributed by atoms with Crippen LogP contribution >= 0.6 is 40.7 Å². The van der Waals surface area contributed by atoms with Gasteiger partial charge in [0.05, 0.1) is 5.56 Å². The van der Waals surface area contributed by atoms with Gasteiger partial charge in [0.15, 0.2) is 0 Å². The molecule has 0 amide bonds. The van der Waals surface area contributed by atoms with E-state index in [4.69, 9.17) is 0 Å². The fourth-order valence-corrected chi connectivity index (χ4v) is 2.81. The molecule has 1 aromatic carbocycles. The van der Waals surface area contributed by atoms with Crippen molar-refractivity contribution in [1.82, 2.24) is 10.2 Å². The zero-order valence-electron chi connectivity index (χ0n) is 11.4. The van der Waals surface area contributed by atoms with E-state index in [2.05, 4.69) is 26.1 Å². The minimum absolute atomic E-state index is 0. The zero-order chi connectivity index (χ0) is 14.0. The highest BCUT2D eigenvalue weighted by Gasteiger charge is 2.32. The number of piperazine rings is 1. The minimum atomic E-state index is -4.30. The summed E-state index contributed by atoms with van der Waals surface area (Å²) in [7, 11) is 0. The first-order valence-electron chi connectivity index (χ1n) is 6.20. The molecule has 1 heterocycles. The Hall–Kier alpha value is -0.0100. The number of halogens is 6. The highest BCUT2D eigenvalue weighted by molar-refractivity contribution is 9.10. The molecule has 0 saturated carbocycles. The maximum absolute atomic E-state index is 12.8. The lowest BCUT2D eigenvalue weighted by Gasteiger charge is -2.33. The van der Waals surface area contributed by atoms with Crippen LogP contribution in [0.2, 0.25) is 0 Å². The van der Waals surface area contributed by atoms with Gasteiger partial charge in [0.1, 0.15) is 0 Å². The Kier molecular flexibility index (Phi) is 8.57. The molecule has 0 bridgehead atoms. The van der Waals surface area contributed by atoms with Crippen LogP contribution in [0.5, 0.6) is 0 Å². The van der Waals surface area contributed by atoms with Crippen LogP contribution in [0.3, 0.4) is 0 Å². The van der Waals surface area contributed by atoms with E-state index >= 15 is 0 Å². The predicted molar refractivity (Wildman–Crippen MR) is 86.5 cm³/mol. The van der Waals surface area contributed by atoms with E-state index in [1.807, 2.05) is 6.92 Å². The maximum Gasteiger partial charge on any atom is 0.416 e. The summed E-state index contributed by atoms with van der Waals surface area (Å²) in [4.78, 5) is 2.19. The van der Waals surface area contributed by atoms with Crippen LogP contribution in [0.1, 0.15) is 24.1 Å². The smallest absolute Gasteiger partial charge is 0.314 e. The number of hydrogen-bond acceptors (Lipinski definition) is 2. The van der Waals surface area contributed by atoms with Crippen molar-refractivity contribution in [2.75, 3.05) is 26.2 Å². The molecule has 1 aliphatic heterocycles. The minimum Gasteiger partial charge on any atom is -0.314 e. The Balaban J connectivity index is 0.00000200. The normalized spacial score (nSPS) is 17.6. The van der Waals surface area contributed by atoms with E-state index in [1.54, 1.807) is 6.07 Å². The molecule has 1 saturated heterocycles. The molecule has 2 nitrogen and oxygen atoms in total. The second-order valence-electron chi connectivity index (χ2n) is 4.73. The van der Waals surface area contributed by atoms with Gasteiger partial charge in [0.2, 0.25) is 0 Å². The molecule has 8 heteroatoms. The topological polar surface area (TPSA) is 15.3 Å². The lowest BCUT2D eigenvalue weighted by molar-refractivity contribution is -0.137. The van der Waals surface area contributed by atoms with Crippen LogP contribution in [0.15, 0.2) is 22.7 Å². The van der Waals surface area contributed by atoms with Crippen molar-refractivity contribution in [3.05, 3.63) is 33.8 Å². The molecule has 0 aromatic heterocycles. The highest BCUT2D eigenvalue weighted by atomic mass is 79.9. The molecule has 1 fully saturated rings. The lowest BCUT2D eigenvalue weighted by Crippen LogP contribution is -2.44. The van der Waals surface area contributed by atoms with E-state index in [0.717, 1.165) is 32.2 Å². The molecule has 0 spiro atoms. The van der Waals surface area contributed by atoms with Crippen molar-refractivity contribution in [3.8, 4) is 0 Å². The Labute approximate surface area is 143 Å². The van der Waals surface area contributed by atoms with Crippen molar-refractivity contribution in [1.29, 1.82) is 0 Å². The fourth-order valence-electron chi connectivity index (χ4n) is 2.30. The molecule has 2 rings (SSSR count). The maximum atomic E-state index is 12.8. The van der Waals surface area contributed by atoms with Gasteiger partial charge in [-0.05, 0) is 30.7 Å². The lowest BCUT2D eigenvalue weighted by atomic mass is 10.0. The monoisotopic (exact) mass is 408 g/mol. The Morgan fingerprint density at radius 1 is 1.14 bits per heavy atom. The summed E-state index contributed by atoms with van der Waals surface area (Å²) in [5.41, 5.74) is 0.0995. The third-order valence-electron chi connectivity index (χ3n) is 3.43. The van der Waals surface area contributed by atoms with Gasteiger partial charge < -0.3 is 5.32 Å². The predicted octanol–water partition coefficient (Wildman–Crippen LogP) is 4.28. The van der Waals surface area contributed by atoms with Gasteiger partial charge in [-0.25, -0.2) is 0 Å². The number of rotatable bonds is 2. The van der Waals surface area contributed by atoms with E-state index in [1.165, 1.54) is 6.07 Å². The third kappa shape index (κ3) is 5.60. The largest absolute Gasteiger partial charge is 0.416 e. The van der Waals surface area contributed by atoms with Gasteiger partial charge in [-0.15, -0.1) is 24.8 Å². The van der Waals surface area contributed by atoms with E-state index in [-0.39, 0.29) is 30.9 Å². The third-order valence-corrected chi connectivity index (χ3v) is 3.89. The molecule has 1 N–H and O–H groups in total.